The second-order valence-electron chi connectivity index (χ2n) is 2.38. The van der Waals surface area contributed by atoms with Gasteiger partial charge in [-0.05, 0) is 18.5 Å². The summed E-state index contributed by atoms with van der Waals surface area (Å²) in [6.07, 6.45) is -0.304. The van der Waals surface area contributed by atoms with Crippen molar-refractivity contribution in [3.05, 3.63) is 11.1 Å². The zero-order chi connectivity index (χ0) is 8.10. The van der Waals surface area contributed by atoms with Crippen molar-refractivity contribution in [3.63, 3.8) is 0 Å². The lowest BCUT2D eigenvalue weighted by molar-refractivity contribution is 0.191. The number of aliphatic hydroxyl groups is 1. The van der Waals surface area contributed by atoms with Gasteiger partial charge < -0.3 is 10.4 Å². The number of aromatic nitrogens is 2. The average molecular weight is 173 g/mol. The van der Waals surface area contributed by atoms with Crippen molar-refractivity contribution in [2.45, 2.75) is 19.6 Å². The first-order valence-electron chi connectivity index (χ1n) is 3.44. The zero-order valence-electron chi connectivity index (χ0n) is 6.32. The summed E-state index contributed by atoms with van der Waals surface area (Å²) < 4.78 is 3.71. The van der Waals surface area contributed by atoms with Gasteiger partial charge in [0.15, 0.2) is 0 Å². The molecule has 0 aromatic carbocycles. The van der Waals surface area contributed by atoms with Crippen molar-refractivity contribution in [1.29, 1.82) is 0 Å². The van der Waals surface area contributed by atoms with Crippen LogP contribution in [0.5, 0.6) is 0 Å². The van der Waals surface area contributed by atoms with Gasteiger partial charge in [0.25, 0.3) is 0 Å². The highest BCUT2D eigenvalue weighted by atomic mass is 32.1. The lowest BCUT2D eigenvalue weighted by Crippen LogP contribution is -2.23. The van der Waals surface area contributed by atoms with E-state index in [0.29, 0.717) is 13.1 Å². The van der Waals surface area contributed by atoms with E-state index in [1.807, 2.05) is 5.38 Å². The molecule has 0 fully saturated rings. The van der Waals surface area contributed by atoms with Crippen LogP contribution in [0.1, 0.15) is 12.6 Å². The van der Waals surface area contributed by atoms with E-state index in [9.17, 15) is 0 Å². The summed E-state index contributed by atoms with van der Waals surface area (Å²) in [5, 5.41) is 17.6. The molecule has 1 atom stereocenters. The van der Waals surface area contributed by atoms with Gasteiger partial charge in [-0.1, -0.05) is 4.49 Å². The third-order valence-corrected chi connectivity index (χ3v) is 1.70. The van der Waals surface area contributed by atoms with Crippen molar-refractivity contribution >= 4 is 11.5 Å². The Morgan fingerprint density at radius 2 is 2.64 bits per heavy atom. The van der Waals surface area contributed by atoms with Crippen molar-refractivity contribution in [2.75, 3.05) is 6.54 Å². The van der Waals surface area contributed by atoms with E-state index in [1.54, 1.807) is 6.92 Å². The third-order valence-electron chi connectivity index (χ3n) is 1.15. The van der Waals surface area contributed by atoms with E-state index in [-0.39, 0.29) is 6.10 Å². The fourth-order valence-electron chi connectivity index (χ4n) is 0.670. The molecule has 0 saturated heterocycles. The van der Waals surface area contributed by atoms with E-state index < -0.39 is 0 Å². The molecular formula is C6H11N3OS. The highest BCUT2D eigenvalue weighted by molar-refractivity contribution is 7.03. The Balaban J connectivity index is 2.14. The summed E-state index contributed by atoms with van der Waals surface area (Å²) in [5.41, 5.74) is 0.927. The molecule has 11 heavy (non-hydrogen) atoms. The highest BCUT2D eigenvalue weighted by Gasteiger charge is 1.96. The molecule has 2 N–H and O–H groups in total. The van der Waals surface area contributed by atoms with Crippen LogP contribution in [0.3, 0.4) is 0 Å². The molecule has 1 aromatic heterocycles. The fraction of sp³-hybridized carbons (Fsp3) is 0.667. The number of aliphatic hydroxyl groups excluding tert-OH is 1. The second kappa shape index (κ2) is 4.38. The van der Waals surface area contributed by atoms with Gasteiger partial charge in [0.2, 0.25) is 0 Å². The Kier molecular flexibility index (Phi) is 3.41. The molecule has 62 valence electrons. The smallest absolute Gasteiger partial charge is 0.0893 e. The number of hydrogen-bond donors (Lipinski definition) is 2. The summed E-state index contributed by atoms with van der Waals surface area (Å²) in [5.74, 6) is 0. The van der Waals surface area contributed by atoms with Crippen LogP contribution in [0.25, 0.3) is 0 Å². The Morgan fingerprint density at radius 3 is 3.18 bits per heavy atom. The van der Waals surface area contributed by atoms with E-state index in [2.05, 4.69) is 14.9 Å². The molecule has 1 aromatic rings. The molecule has 0 radical (unpaired) electrons. The van der Waals surface area contributed by atoms with Crippen LogP contribution in [0.4, 0.5) is 0 Å². The molecule has 0 saturated carbocycles. The van der Waals surface area contributed by atoms with Crippen LogP contribution in [0.15, 0.2) is 5.38 Å². The molecule has 0 unspecified atom stereocenters. The van der Waals surface area contributed by atoms with E-state index in [1.165, 1.54) is 11.5 Å². The molecule has 1 heterocycles. The molecule has 5 heteroatoms. The maximum Gasteiger partial charge on any atom is 0.0893 e. The van der Waals surface area contributed by atoms with Gasteiger partial charge in [0.05, 0.1) is 11.8 Å². The van der Waals surface area contributed by atoms with E-state index >= 15 is 0 Å². The standard InChI is InChI=1S/C6H11N3OS/c1-5(10)2-7-3-6-4-11-9-8-6/h4-5,7,10H,2-3H2,1H3/t5-/m0/s1. The summed E-state index contributed by atoms with van der Waals surface area (Å²) in [6.45, 7) is 3.02. The Bertz CT molecular complexity index is 188. The maximum atomic E-state index is 8.89. The Labute approximate surface area is 69.4 Å². The summed E-state index contributed by atoms with van der Waals surface area (Å²) in [7, 11) is 0. The fourth-order valence-corrected chi connectivity index (χ4v) is 1.12. The minimum Gasteiger partial charge on any atom is -0.392 e. The molecular weight excluding hydrogens is 162 g/mol. The van der Waals surface area contributed by atoms with Crippen molar-refractivity contribution in [3.8, 4) is 0 Å². The lowest BCUT2D eigenvalue weighted by atomic mass is 10.4. The molecule has 0 aliphatic carbocycles. The van der Waals surface area contributed by atoms with Crippen LogP contribution in [0, 0.1) is 0 Å². The first-order valence-corrected chi connectivity index (χ1v) is 4.27. The lowest BCUT2D eigenvalue weighted by Gasteiger charge is -2.03. The average Bonchev–Trinajstić information content (AvgIpc) is 2.39. The summed E-state index contributed by atoms with van der Waals surface area (Å²) in [6, 6.07) is 0. The van der Waals surface area contributed by atoms with E-state index in [4.69, 9.17) is 5.11 Å². The minimum absolute atomic E-state index is 0.304. The van der Waals surface area contributed by atoms with E-state index in [0.717, 1.165) is 5.69 Å². The SMILES string of the molecule is C[C@H](O)CNCc1csnn1. The predicted molar refractivity (Wildman–Crippen MR) is 43.3 cm³/mol. The zero-order valence-corrected chi connectivity index (χ0v) is 7.14. The van der Waals surface area contributed by atoms with Gasteiger partial charge in [-0.25, -0.2) is 0 Å². The number of nitrogens with zero attached hydrogens (tertiary/aromatic N) is 2. The summed E-state index contributed by atoms with van der Waals surface area (Å²) >= 11 is 1.33. The third kappa shape index (κ3) is 3.41. The maximum absolute atomic E-state index is 8.89. The number of hydrogen-bond acceptors (Lipinski definition) is 5. The molecule has 4 nitrogen and oxygen atoms in total. The molecule has 0 amide bonds. The second-order valence-corrected chi connectivity index (χ2v) is 2.99. The topological polar surface area (TPSA) is 58.0 Å². The molecule has 0 spiro atoms. The van der Waals surface area contributed by atoms with Crippen LogP contribution >= 0.6 is 11.5 Å². The van der Waals surface area contributed by atoms with Gasteiger partial charge in [0, 0.05) is 18.5 Å². The minimum atomic E-state index is -0.304. The predicted octanol–water partition coefficient (Wildman–Crippen LogP) is 0.00850. The van der Waals surface area contributed by atoms with Crippen molar-refractivity contribution in [1.82, 2.24) is 14.9 Å². The van der Waals surface area contributed by atoms with Crippen molar-refractivity contribution < 1.29 is 5.11 Å². The van der Waals surface area contributed by atoms with Crippen molar-refractivity contribution in [2.24, 2.45) is 0 Å². The van der Waals surface area contributed by atoms with Gasteiger partial charge >= 0.3 is 0 Å². The normalized spacial score (nSPS) is 13.3. The monoisotopic (exact) mass is 173 g/mol. The van der Waals surface area contributed by atoms with Gasteiger partial charge in [-0.3, -0.25) is 0 Å². The first kappa shape index (κ1) is 8.58. The van der Waals surface area contributed by atoms with Crippen LogP contribution in [0.2, 0.25) is 0 Å². The highest BCUT2D eigenvalue weighted by Crippen LogP contribution is 1.95. The van der Waals surface area contributed by atoms with Crippen LogP contribution in [-0.2, 0) is 6.54 Å². The molecule has 1 rings (SSSR count). The number of rotatable bonds is 4. The Morgan fingerprint density at radius 1 is 1.82 bits per heavy atom. The quantitative estimate of drug-likeness (QED) is 0.673. The van der Waals surface area contributed by atoms with Crippen LogP contribution < -0.4 is 5.32 Å². The van der Waals surface area contributed by atoms with Gasteiger partial charge in [0.1, 0.15) is 0 Å². The first-order chi connectivity index (χ1) is 5.29. The molecule has 0 aliphatic rings. The number of nitrogens with one attached hydrogen (secondary N) is 1. The summed E-state index contributed by atoms with van der Waals surface area (Å²) in [4.78, 5) is 0. The van der Waals surface area contributed by atoms with Gasteiger partial charge in [-0.15, -0.1) is 5.10 Å². The molecule has 0 aliphatic heterocycles. The largest absolute Gasteiger partial charge is 0.392 e. The Hall–Kier alpha value is -0.520. The van der Waals surface area contributed by atoms with Crippen LogP contribution in [-0.4, -0.2) is 27.3 Å². The van der Waals surface area contributed by atoms with Gasteiger partial charge in [-0.2, -0.15) is 0 Å². The molecule has 0 bridgehead atoms.